The molecule has 0 radical (unpaired) electrons. The largest absolute Gasteiger partial charge is 0.377 e. The maximum absolute atomic E-state index is 12.3. The van der Waals surface area contributed by atoms with Crippen LogP contribution in [0, 0.1) is 0 Å². The molecule has 2 fully saturated rings. The van der Waals surface area contributed by atoms with E-state index in [0.717, 1.165) is 38.8 Å². The number of anilines is 1. The fourth-order valence-corrected chi connectivity index (χ4v) is 4.00. The van der Waals surface area contributed by atoms with Crippen molar-refractivity contribution in [2.45, 2.75) is 36.7 Å². The fraction of sp³-hybridized carbons (Fsp3) is 0.562. The summed E-state index contributed by atoms with van der Waals surface area (Å²) < 4.78 is 32.5. The first kappa shape index (κ1) is 17.2. The zero-order valence-electron chi connectivity index (χ0n) is 13.5. The molecule has 1 unspecified atom stereocenters. The summed E-state index contributed by atoms with van der Waals surface area (Å²) in [6.07, 6.45) is 3.86. The van der Waals surface area contributed by atoms with E-state index < -0.39 is 10.0 Å². The topological polar surface area (TPSA) is 87.7 Å². The van der Waals surface area contributed by atoms with E-state index in [9.17, 15) is 13.2 Å². The summed E-state index contributed by atoms with van der Waals surface area (Å²) in [5.41, 5.74) is 0.588. The highest BCUT2D eigenvalue weighted by molar-refractivity contribution is 7.89. The second-order valence-corrected chi connectivity index (χ2v) is 7.90. The Bertz CT molecular complexity index is 663. The van der Waals surface area contributed by atoms with Crippen molar-refractivity contribution in [2.75, 3.05) is 31.6 Å². The highest BCUT2D eigenvalue weighted by atomic mass is 32.2. The zero-order valence-corrected chi connectivity index (χ0v) is 14.3. The number of amides is 2. The lowest BCUT2D eigenvalue weighted by molar-refractivity contribution is 0.114. The first-order valence-corrected chi connectivity index (χ1v) is 9.80. The Hall–Kier alpha value is -1.64. The minimum absolute atomic E-state index is 0.0428. The molecule has 2 aliphatic heterocycles. The van der Waals surface area contributed by atoms with Gasteiger partial charge in [0.2, 0.25) is 10.0 Å². The number of rotatable bonds is 5. The molecule has 1 atom stereocenters. The molecule has 24 heavy (non-hydrogen) atoms. The summed E-state index contributed by atoms with van der Waals surface area (Å²) in [5.74, 6) is 0. The van der Waals surface area contributed by atoms with Gasteiger partial charge in [0, 0.05) is 31.9 Å². The Morgan fingerprint density at radius 1 is 1.17 bits per heavy atom. The number of likely N-dealkylation sites (tertiary alicyclic amines) is 1. The summed E-state index contributed by atoms with van der Waals surface area (Å²) in [5, 5.41) is 2.79. The van der Waals surface area contributed by atoms with Gasteiger partial charge in [-0.2, -0.15) is 0 Å². The van der Waals surface area contributed by atoms with E-state index in [2.05, 4.69) is 10.0 Å². The number of nitrogens with one attached hydrogen (secondary N) is 2. The van der Waals surface area contributed by atoms with Crippen LogP contribution in [-0.4, -0.2) is 51.7 Å². The van der Waals surface area contributed by atoms with E-state index in [1.807, 2.05) is 0 Å². The molecular formula is C16H23N3O4S. The van der Waals surface area contributed by atoms with E-state index in [1.54, 1.807) is 17.0 Å². The minimum Gasteiger partial charge on any atom is -0.377 e. The normalized spacial score (nSPS) is 21.2. The summed E-state index contributed by atoms with van der Waals surface area (Å²) in [6, 6.07) is 6.07. The van der Waals surface area contributed by atoms with Crippen LogP contribution in [-0.2, 0) is 14.8 Å². The molecule has 0 saturated carbocycles. The van der Waals surface area contributed by atoms with Crippen LogP contribution in [0.1, 0.15) is 25.7 Å². The summed E-state index contributed by atoms with van der Waals surface area (Å²) in [4.78, 5) is 14.0. The van der Waals surface area contributed by atoms with Crippen molar-refractivity contribution in [1.29, 1.82) is 0 Å². The van der Waals surface area contributed by atoms with Crippen molar-refractivity contribution in [3.05, 3.63) is 24.3 Å². The van der Waals surface area contributed by atoms with Crippen LogP contribution in [0.5, 0.6) is 0 Å². The van der Waals surface area contributed by atoms with E-state index in [-0.39, 0.29) is 23.6 Å². The smallest absolute Gasteiger partial charge is 0.321 e. The Balaban J connectivity index is 1.57. The number of urea groups is 1. The number of sulfonamides is 1. The molecule has 2 saturated heterocycles. The van der Waals surface area contributed by atoms with Crippen LogP contribution in [0.4, 0.5) is 10.5 Å². The second-order valence-electron chi connectivity index (χ2n) is 6.14. The third-order valence-corrected chi connectivity index (χ3v) is 5.77. The zero-order chi connectivity index (χ0) is 17.0. The van der Waals surface area contributed by atoms with Crippen molar-refractivity contribution in [3.63, 3.8) is 0 Å². The van der Waals surface area contributed by atoms with Gasteiger partial charge in [0.05, 0.1) is 11.0 Å². The van der Waals surface area contributed by atoms with Crippen molar-refractivity contribution >= 4 is 21.7 Å². The van der Waals surface area contributed by atoms with Crippen LogP contribution in [0.2, 0.25) is 0 Å². The fourth-order valence-electron chi connectivity index (χ4n) is 2.93. The van der Waals surface area contributed by atoms with Gasteiger partial charge < -0.3 is 15.0 Å². The average Bonchev–Trinajstić information content (AvgIpc) is 3.27. The van der Waals surface area contributed by atoms with E-state index >= 15 is 0 Å². The van der Waals surface area contributed by atoms with Crippen LogP contribution >= 0.6 is 0 Å². The lowest BCUT2D eigenvalue weighted by Crippen LogP contribution is -2.32. The first-order chi connectivity index (χ1) is 11.5. The summed E-state index contributed by atoms with van der Waals surface area (Å²) >= 11 is 0. The molecule has 1 aromatic carbocycles. The Morgan fingerprint density at radius 2 is 1.88 bits per heavy atom. The van der Waals surface area contributed by atoms with E-state index in [0.29, 0.717) is 12.3 Å². The first-order valence-electron chi connectivity index (χ1n) is 8.32. The molecule has 0 bridgehead atoms. The van der Waals surface area contributed by atoms with Gasteiger partial charge >= 0.3 is 6.03 Å². The van der Waals surface area contributed by atoms with E-state index in [1.165, 1.54) is 12.1 Å². The molecule has 0 spiro atoms. The monoisotopic (exact) mass is 353 g/mol. The number of benzene rings is 1. The SMILES string of the molecule is O=C(Nc1ccc(S(=O)(=O)NCC2CCCO2)cc1)N1CCCC1. The van der Waals surface area contributed by atoms with Gasteiger partial charge in [0.15, 0.2) is 0 Å². The number of carbonyl (C=O) groups is 1. The third kappa shape index (κ3) is 4.25. The molecule has 7 nitrogen and oxygen atoms in total. The lowest BCUT2D eigenvalue weighted by Gasteiger charge is -2.16. The molecule has 132 valence electrons. The van der Waals surface area contributed by atoms with Crippen LogP contribution in [0.15, 0.2) is 29.2 Å². The van der Waals surface area contributed by atoms with Gasteiger partial charge in [-0.05, 0) is 49.9 Å². The van der Waals surface area contributed by atoms with Gasteiger partial charge in [-0.3, -0.25) is 0 Å². The highest BCUT2D eigenvalue weighted by Crippen LogP contribution is 2.17. The van der Waals surface area contributed by atoms with Gasteiger partial charge in [0.1, 0.15) is 0 Å². The molecule has 0 aliphatic carbocycles. The van der Waals surface area contributed by atoms with Crippen LogP contribution < -0.4 is 10.0 Å². The average molecular weight is 353 g/mol. The Kier molecular flexibility index (Phi) is 5.37. The molecular weight excluding hydrogens is 330 g/mol. The molecule has 2 N–H and O–H groups in total. The van der Waals surface area contributed by atoms with Crippen LogP contribution in [0.25, 0.3) is 0 Å². The maximum Gasteiger partial charge on any atom is 0.321 e. The minimum atomic E-state index is -3.56. The van der Waals surface area contributed by atoms with Gasteiger partial charge in [0.25, 0.3) is 0 Å². The van der Waals surface area contributed by atoms with Crippen molar-refractivity contribution in [2.24, 2.45) is 0 Å². The van der Waals surface area contributed by atoms with Crippen molar-refractivity contribution in [1.82, 2.24) is 9.62 Å². The molecule has 0 aromatic heterocycles. The van der Waals surface area contributed by atoms with E-state index in [4.69, 9.17) is 4.74 Å². The molecule has 2 heterocycles. The molecule has 3 rings (SSSR count). The predicted molar refractivity (Wildman–Crippen MR) is 90.4 cm³/mol. The molecule has 2 aliphatic rings. The van der Waals surface area contributed by atoms with Crippen LogP contribution in [0.3, 0.4) is 0 Å². The van der Waals surface area contributed by atoms with Gasteiger partial charge in [-0.15, -0.1) is 0 Å². The number of ether oxygens (including phenoxy) is 1. The number of nitrogens with zero attached hydrogens (tertiary/aromatic N) is 1. The Morgan fingerprint density at radius 3 is 2.50 bits per heavy atom. The number of hydrogen-bond donors (Lipinski definition) is 2. The number of carbonyl (C=O) groups excluding carboxylic acids is 1. The highest BCUT2D eigenvalue weighted by Gasteiger charge is 2.21. The second kappa shape index (κ2) is 7.50. The van der Waals surface area contributed by atoms with Gasteiger partial charge in [-0.25, -0.2) is 17.9 Å². The standard InChI is InChI=1S/C16H23N3O4S/c20-16(19-9-1-2-10-19)18-13-5-7-15(8-6-13)24(21,22)17-12-14-4-3-11-23-14/h5-8,14,17H,1-4,9-12H2,(H,18,20). The summed E-state index contributed by atoms with van der Waals surface area (Å²) in [6.45, 7) is 2.52. The van der Waals surface area contributed by atoms with Gasteiger partial charge in [-0.1, -0.05) is 0 Å². The molecule has 2 amide bonds. The quantitative estimate of drug-likeness (QED) is 0.844. The number of hydrogen-bond acceptors (Lipinski definition) is 4. The Labute approximate surface area is 142 Å². The maximum atomic E-state index is 12.3. The predicted octanol–water partition coefficient (Wildman–Crippen LogP) is 1.77. The van der Waals surface area contributed by atoms with Crippen molar-refractivity contribution < 1.29 is 17.9 Å². The molecule has 1 aromatic rings. The lowest BCUT2D eigenvalue weighted by atomic mass is 10.2. The molecule has 8 heteroatoms. The van der Waals surface area contributed by atoms with Crippen molar-refractivity contribution in [3.8, 4) is 0 Å². The summed E-state index contributed by atoms with van der Waals surface area (Å²) in [7, 11) is -3.56. The third-order valence-electron chi connectivity index (χ3n) is 4.33.